The molecule has 154 valence electrons. The molecule has 10 heteroatoms. The third-order valence-corrected chi connectivity index (χ3v) is 4.23. The highest BCUT2D eigenvalue weighted by molar-refractivity contribution is 5.96. The van der Waals surface area contributed by atoms with Gasteiger partial charge in [0.25, 0.3) is 12.4 Å². The first-order valence-corrected chi connectivity index (χ1v) is 9.23. The summed E-state index contributed by atoms with van der Waals surface area (Å²) in [5, 5.41) is 9.81. The van der Waals surface area contributed by atoms with Crippen LogP contribution in [0.5, 0.6) is 0 Å². The van der Waals surface area contributed by atoms with Crippen molar-refractivity contribution in [1.29, 1.82) is 0 Å². The summed E-state index contributed by atoms with van der Waals surface area (Å²) in [6.07, 6.45) is 13.1. The molecular weight excluding hydrogens is 386 g/mol. The highest BCUT2D eigenvalue weighted by Crippen LogP contribution is 2.13. The molecular formula is C20H21N7O3. The van der Waals surface area contributed by atoms with E-state index in [0.717, 1.165) is 24.2 Å². The molecule has 0 atom stereocenters. The molecule has 0 spiro atoms. The number of fused-ring (bicyclic) bond motifs is 1. The number of imidazole rings is 2. The summed E-state index contributed by atoms with van der Waals surface area (Å²) in [6, 6.07) is 5.68. The number of hydrogen-bond donors (Lipinski definition) is 2. The lowest BCUT2D eigenvalue weighted by atomic mass is 10.2. The summed E-state index contributed by atoms with van der Waals surface area (Å²) >= 11 is 0. The van der Waals surface area contributed by atoms with Crippen LogP contribution in [0.15, 0.2) is 61.8 Å². The molecule has 4 aromatic rings. The van der Waals surface area contributed by atoms with Gasteiger partial charge in [0.2, 0.25) is 0 Å². The van der Waals surface area contributed by atoms with Crippen molar-refractivity contribution in [2.24, 2.45) is 0 Å². The molecule has 4 aromatic heterocycles. The molecule has 30 heavy (non-hydrogen) atoms. The number of rotatable bonds is 7. The number of hydrogen-bond acceptors (Lipinski definition) is 6. The fourth-order valence-electron chi connectivity index (χ4n) is 2.86. The van der Waals surface area contributed by atoms with Crippen molar-refractivity contribution in [2.75, 3.05) is 6.54 Å². The minimum Gasteiger partial charge on any atom is -0.483 e. The van der Waals surface area contributed by atoms with Gasteiger partial charge in [0.15, 0.2) is 5.65 Å². The minimum atomic E-state index is -0.250. The molecule has 0 unspecified atom stereocenters. The van der Waals surface area contributed by atoms with Gasteiger partial charge in [0, 0.05) is 44.1 Å². The maximum Gasteiger partial charge on any atom is 0.290 e. The van der Waals surface area contributed by atoms with E-state index in [9.17, 15) is 4.79 Å². The molecule has 0 saturated heterocycles. The number of aryl methyl sites for hydroxylation is 1. The van der Waals surface area contributed by atoms with Crippen LogP contribution < -0.4 is 5.32 Å². The van der Waals surface area contributed by atoms with Gasteiger partial charge in [-0.05, 0) is 24.1 Å². The molecule has 0 aromatic carbocycles. The standard InChI is InChI=1S/C19H19N7O.CH2O2/c27-19(22-5-2-7-25-8-6-21-13-25)16-9-17-18(23-11-16)26(14-24-17)12-15-3-1-4-20-10-15;2-1-3/h1,3-4,6,8-11,13-14H,2,5,7,12H2,(H,22,27);1H,(H,2,3). The molecule has 0 aliphatic rings. The van der Waals surface area contributed by atoms with Crippen LogP contribution >= 0.6 is 0 Å². The van der Waals surface area contributed by atoms with Crippen LogP contribution in [0.4, 0.5) is 0 Å². The van der Waals surface area contributed by atoms with Gasteiger partial charge in [-0.25, -0.2) is 15.0 Å². The molecule has 0 fully saturated rings. The summed E-state index contributed by atoms with van der Waals surface area (Å²) in [6.45, 7) is 1.79. The lowest BCUT2D eigenvalue weighted by Gasteiger charge is -2.06. The Balaban J connectivity index is 0.000000806. The normalized spacial score (nSPS) is 10.3. The molecule has 4 rings (SSSR count). The van der Waals surface area contributed by atoms with E-state index in [1.54, 1.807) is 37.3 Å². The van der Waals surface area contributed by atoms with Crippen LogP contribution in [0.1, 0.15) is 22.3 Å². The Morgan fingerprint density at radius 2 is 2.03 bits per heavy atom. The van der Waals surface area contributed by atoms with Crippen molar-refractivity contribution in [3.63, 3.8) is 0 Å². The second-order valence-electron chi connectivity index (χ2n) is 6.32. The molecule has 0 aliphatic carbocycles. The molecule has 4 heterocycles. The van der Waals surface area contributed by atoms with E-state index in [2.05, 4.69) is 25.3 Å². The first kappa shape index (κ1) is 20.6. The van der Waals surface area contributed by atoms with Gasteiger partial charge in [-0.2, -0.15) is 0 Å². The molecule has 0 aliphatic heterocycles. The molecule has 2 N–H and O–H groups in total. The first-order valence-electron chi connectivity index (χ1n) is 9.23. The quantitative estimate of drug-likeness (QED) is 0.352. The van der Waals surface area contributed by atoms with Crippen LogP contribution in [-0.4, -0.2) is 53.1 Å². The minimum absolute atomic E-state index is 0.142. The van der Waals surface area contributed by atoms with E-state index >= 15 is 0 Å². The van der Waals surface area contributed by atoms with Crippen molar-refractivity contribution in [2.45, 2.75) is 19.5 Å². The van der Waals surface area contributed by atoms with Crippen LogP contribution in [0.3, 0.4) is 0 Å². The predicted molar refractivity (Wildman–Crippen MR) is 109 cm³/mol. The van der Waals surface area contributed by atoms with E-state index in [1.807, 2.05) is 33.7 Å². The molecule has 0 saturated carbocycles. The van der Waals surface area contributed by atoms with Gasteiger partial charge in [0.05, 0.1) is 24.8 Å². The number of nitrogens with zero attached hydrogens (tertiary/aromatic N) is 6. The summed E-state index contributed by atoms with van der Waals surface area (Å²) in [5.41, 5.74) is 3.02. The van der Waals surface area contributed by atoms with Crippen LogP contribution in [0.25, 0.3) is 11.2 Å². The summed E-state index contributed by atoms with van der Waals surface area (Å²) in [5.74, 6) is -0.142. The Morgan fingerprint density at radius 3 is 2.77 bits per heavy atom. The Morgan fingerprint density at radius 1 is 1.17 bits per heavy atom. The number of carbonyl (C=O) groups is 2. The van der Waals surface area contributed by atoms with Gasteiger partial charge in [0.1, 0.15) is 5.52 Å². The monoisotopic (exact) mass is 407 g/mol. The lowest BCUT2D eigenvalue weighted by molar-refractivity contribution is -0.122. The van der Waals surface area contributed by atoms with Gasteiger partial charge < -0.3 is 19.6 Å². The van der Waals surface area contributed by atoms with Crippen LogP contribution in [0.2, 0.25) is 0 Å². The Labute approximate surface area is 172 Å². The topological polar surface area (TPSA) is 128 Å². The molecule has 0 radical (unpaired) electrons. The second kappa shape index (κ2) is 10.5. The molecule has 1 amide bonds. The summed E-state index contributed by atoms with van der Waals surface area (Å²) in [7, 11) is 0. The van der Waals surface area contributed by atoms with Crippen LogP contribution in [-0.2, 0) is 17.9 Å². The Hall–Kier alpha value is -4.08. The van der Waals surface area contributed by atoms with Gasteiger partial charge in [-0.3, -0.25) is 14.6 Å². The average Bonchev–Trinajstić information content (AvgIpc) is 3.42. The van der Waals surface area contributed by atoms with E-state index in [1.165, 1.54) is 0 Å². The zero-order valence-corrected chi connectivity index (χ0v) is 16.1. The third kappa shape index (κ3) is 5.47. The fourth-order valence-corrected chi connectivity index (χ4v) is 2.86. The SMILES string of the molecule is O=C(NCCCn1ccnc1)c1cnc2c(c1)ncn2Cc1cccnc1.O=CO. The van der Waals surface area contributed by atoms with E-state index in [0.29, 0.717) is 24.2 Å². The maximum atomic E-state index is 12.3. The summed E-state index contributed by atoms with van der Waals surface area (Å²) < 4.78 is 3.92. The maximum absolute atomic E-state index is 12.3. The van der Waals surface area contributed by atoms with Crippen molar-refractivity contribution in [3.8, 4) is 0 Å². The van der Waals surface area contributed by atoms with Gasteiger partial charge in [-0.1, -0.05) is 6.07 Å². The Kier molecular flexibility index (Phi) is 7.20. The van der Waals surface area contributed by atoms with Crippen LogP contribution in [0, 0.1) is 0 Å². The predicted octanol–water partition coefficient (Wildman–Crippen LogP) is 1.59. The van der Waals surface area contributed by atoms with Crippen molar-refractivity contribution in [3.05, 3.63) is 73.0 Å². The van der Waals surface area contributed by atoms with Crippen molar-refractivity contribution >= 4 is 23.5 Å². The molecule has 10 nitrogen and oxygen atoms in total. The van der Waals surface area contributed by atoms with E-state index in [4.69, 9.17) is 9.90 Å². The number of nitrogens with one attached hydrogen (secondary N) is 1. The van der Waals surface area contributed by atoms with Gasteiger partial charge >= 0.3 is 0 Å². The summed E-state index contributed by atoms with van der Waals surface area (Å²) in [4.78, 5) is 37.6. The second-order valence-corrected chi connectivity index (χ2v) is 6.32. The fraction of sp³-hybridized carbons (Fsp3) is 0.200. The number of carbonyl (C=O) groups excluding carboxylic acids is 1. The number of amides is 1. The largest absolute Gasteiger partial charge is 0.483 e. The Bertz CT molecular complexity index is 1080. The number of pyridine rings is 2. The zero-order valence-electron chi connectivity index (χ0n) is 16.1. The van der Waals surface area contributed by atoms with Crippen molar-refractivity contribution in [1.82, 2.24) is 34.4 Å². The van der Waals surface area contributed by atoms with E-state index < -0.39 is 0 Å². The third-order valence-electron chi connectivity index (χ3n) is 4.23. The average molecular weight is 407 g/mol. The number of carboxylic acid groups (broad SMARTS) is 1. The highest BCUT2D eigenvalue weighted by atomic mass is 16.3. The van der Waals surface area contributed by atoms with Crippen molar-refractivity contribution < 1.29 is 14.7 Å². The number of aromatic nitrogens is 6. The smallest absolute Gasteiger partial charge is 0.290 e. The highest BCUT2D eigenvalue weighted by Gasteiger charge is 2.10. The molecule has 0 bridgehead atoms. The van der Waals surface area contributed by atoms with E-state index in [-0.39, 0.29) is 12.4 Å². The van der Waals surface area contributed by atoms with Gasteiger partial charge in [-0.15, -0.1) is 0 Å². The zero-order chi connectivity index (χ0) is 21.2. The first-order chi connectivity index (χ1) is 14.7. The lowest BCUT2D eigenvalue weighted by Crippen LogP contribution is -2.25.